The lowest BCUT2D eigenvalue weighted by atomic mass is 10.2. The predicted octanol–water partition coefficient (Wildman–Crippen LogP) is 3.87. The van der Waals surface area contributed by atoms with Gasteiger partial charge < -0.3 is 15.1 Å². The molecule has 1 aromatic heterocycles. The molecule has 0 spiro atoms. The highest BCUT2D eigenvalue weighted by molar-refractivity contribution is 5.60. The van der Waals surface area contributed by atoms with E-state index in [1.165, 1.54) is 6.07 Å². The van der Waals surface area contributed by atoms with E-state index in [9.17, 15) is 4.39 Å². The monoisotopic (exact) mass is 388 g/mol. The molecule has 4 rings (SSSR count). The summed E-state index contributed by atoms with van der Waals surface area (Å²) in [4.78, 5) is 13.4. The molecule has 0 unspecified atom stereocenters. The van der Waals surface area contributed by atoms with Crippen LogP contribution in [0, 0.1) is 24.1 Å². The summed E-state index contributed by atoms with van der Waals surface area (Å²) in [5, 5.41) is 12.3. The number of nitrogens with zero attached hydrogens (tertiary/aromatic N) is 5. The quantitative estimate of drug-likeness (QED) is 0.732. The van der Waals surface area contributed by atoms with Crippen LogP contribution >= 0.6 is 0 Å². The Balaban J connectivity index is 1.48. The second-order valence-electron chi connectivity index (χ2n) is 6.94. The largest absolute Gasteiger partial charge is 0.366 e. The zero-order valence-corrected chi connectivity index (χ0v) is 16.1. The van der Waals surface area contributed by atoms with E-state index in [1.807, 2.05) is 42.2 Å². The smallest absolute Gasteiger partial charge is 0.227 e. The van der Waals surface area contributed by atoms with Gasteiger partial charge in [-0.1, -0.05) is 18.2 Å². The molecular formula is C22H21FN6. The van der Waals surface area contributed by atoms with Crippen molar-refractivity contribution < 1.29 is 4.39 Å². The van der Waals surface area contributed by atoms with Crippen LogP contribution in [0.15, 0.2) is 54.6 Å². The summed E-state index contributed by atoms with van der Waals surface area (Å²) in [5.41, 5.74) is 2.88. The molecular weight excluding hydrogens is 367 g/mol. The van der Waals surface area contributed by atoms with Gasteiger partial charge in [0.25, 0.3) is 0 Å². The highest BCUT2D eigenvalue weighted by Crippen LogP contribution is 2.23. The molecule has 1 saturated heterocycles. The number of aryl methyl sites for hydroxylation is 1. The van der Waals surface area contributed by atoms with Crippen molar-refractivity contribution in [2.24, 2.45) is 0 Å². The third-order valence-corrected chi connectivity index (χ3v) is 4.86. The summed E-state index contributed by atoms with van der Waals surface area (Å²) >= 11 is 0. The van der Waals surface area contributed by atoms with Crippen molar-refractivity contribution in [1.29, 1.82) is 5.26 Å². The van der Waals surface area contributed by atoms with Crippen molar-refractivity contribution in [1.82, 2.24) is 9.97 Å². The highest BCUT2D eigenvalue weighted by atomic mass is 19.1. The average molecular weight is 388 g/mol. The highest BCUT2D eigenvalue weighted by Gasteiger charge is 2.21. The summed E-state index contributed by atoms with van der Waals surface area (Å²) in [6.07, 6.45) is 0. The molecule has 2 heterocycles. The molecule has 1 fully saturated rings. The number of nitriles is 1. The molecule has 0 aliphatic carbocycles. The molecule has 0 atom stereocenters. The van der Waals surface area contributed by atoms with Gasteiger partial charge in [0.2, 0.25) is 5.95 Å². The summed E-state index contributed by atoms with van der Waals surface area (Å²) in [6.45, 7) is 4.75. The van der Waals surface area contributed by atoms with Gasteiger partial charge in [-0.3, -0.25) is 0 Å². The topological polar surface area (TPSA) is 68.1 Å². The molecule has 29 heavy (non-hydrogen) atoms. The number of para-hydroxylation sites is 1. The van der Waals surface area contributed by atoms with Crippen LogP contribution in [-0.2, 0) is 0 Å². The Morgan fingerprint density at radius 2 is 1.72 bits per heavy atom. The fourth-order valence-corrected chi connectivity index (χ4v) is 3.43. The minimum absolute atomic E-state index is 0.196. The van der Waals surface area contributed by atoms with E-state index in [-0.39, 0.29) is 5.82 Å². The normalized spacial score (nSPS) is 13.8. The maximum Gasteiger partial charge on any atom is 0.227 e. The van der Waals surface area contributed by atoms with E-state index < -0.39 is 0 Å². The Hall–Kier alpha value is -3.66. The van der Waals surface area contributed by atoms with Gasteiger partial charge in [0, 0.05) is 43.6 Å². The molecule has 0 radical (unpaired) electrons. The molecule has 0 saturated carbocycles. The Bertz CT molecular complexity index is 1050. The minimum atomic E-state index is -0.196. The third-order valence-electron chi connectivity index (χ3n) is 4.86. The standard InChI is InChI=1S/C22H21FN6/c1-16-13-21(26-18-6-4-5-17(14-18)15-24)27-22(25-16)29-11-9-28(10-12-29)20-8-3-2-7-19(20)23/h2-8,13-14H,9-12H2,1H3,(H,25,26,27). The summed E-state index contributed by atoms with van der Waals surface area (Å²) in [7, 11) is 0. The zero-order valence-electron chi connectivity index (χ0n) is 16.1. The Morgan fingerprint density at radius 1 is 0.966 bits per heavy atom. The Labute approximate surface area is 169 Å². The third kappa shape index (κ3) is 4.27. The lowest BCUT2D eigenvalue weighted by molar-refractivity contribution is 0.594. The van der Waals surface area contributed by atoms with Gasteiger partial charge in [-0.05, 0) is 37.3 Å². The molecule has 1 N–H and O–H groups in total. The summed E-state index contributed by atoms with van der Waals surface area (Å²) in [6, 6.07) is 18.1. The van der Waals surface area contributed by atoms with Crippen LogP contribution in [0.2, 0.25) is 0 Å². The Kier molecular flexibility index (Phi) is 5.25. The number of anilines is 4. The molecule has 0 bridgehead atoms. The fraction of sp³-hybridized carbons (Fsp3) is 0.227. The lowest BCUT2D eigenvalue weighted by Gasteiger charge is -2.36. The molecule has 1 aliphatic heterocycles. The van der Waals surface area contributed by atoms with E-state index >= 15 is 0 Å². The van der Waals surface area contributed by atoms with E-state index in [4.69, 9.17) is 5.26 Å². The number of hydrogen-bond acceptors (Lipinski definition) is 6. The second kappa shape index (κ2) is 8.15. The van der Waals surface area contributed by atoms with Crippen LogP contribution in [0.5, 0.6) is 0 Å². The SMILES string of the molecule is Cc1cc(Nc2cccc(C#N)c2)nc(N2CCN(c3ccccc3F)CC2)n1. The van der Waals surface area contributed by atoms with Gasteiger partial charge in [-0.2, -0.15) is 10.2 Å². The first-order valence-corrected chi connectivity index (χ1v) is 9.50. The summed E-state index contributed by atoms with van der Waals surface area (Å²) < 4.78 is 14.1. The van der Waals surface area contributed by atoms with Crippen molar-refractivity contribution in [3.63, 3.8) is 0 Å². The number of benzene rings is 2. The van der Waals surface area contributed by atoms with E-state index in [0.29, 0.717) is 49.2 Å². The van der Waals surface area contributed by atoms with Crippen molar-refractivity contribution in [3.8, 4) is 6.07 Å². The summed E-state index contributed by atoms with van der Waals surface area (Å²) in [5.74, 6) is 1.13. The van der Waals surface area contributed by atoms with Gasteiger partial charge in [0.15, 0.2) is 0 Å². The molecule has 6 nitrogen and oxygen atoms in total. The number of halogens is 1. The average Bonchev–Trinajstić information content (AvgIpc) is 2.74. The first-order valence-electron chi connectivity index (χ1n) is 9.50. The van der Waals surface area contributed by atoms with Crippen molar-refractivity contribution in [2.75, 3.05) is 41.3 Å². The second-order valence-corrected chi connectivity index (χ2v) is 6.94. The van der Waals surface area contributed by atoms with Gasteiger partial charge in [0.1, 0.15) is 11.6 Å². The number of piperazine rings is 1. The van der Waals surface area contributed by atoms with Gasteiger partial charge >= 0.3 is 0 Å². The number of nitrogens with one attached hydrogen (secondary N) is 1. The first kappa shape index (κ1) is 18.7. The Morgan fingerprint density at radius 3 is 2.48 bits per heavy atom. The van der Waals surface area contributed by atoms with E-state index in [1.54, 1.807) is 18.2 Å². The first-order chi connectivity index (χ1) is 14.1. The van der Waals surface area contributed by atoms with Crippen molar-refractivity contribution in [2.45, 2.75) is 6.92 Å². The molecule has 3 aromatic rings. The van der Waals surface area contributed by atoms with Crippen LogP contribution in [0.3, 0.4) is 0 Å². The van der Waals surface area contributed by atoms with Gasteiger partial charge in [-0.15, -0.1) is 0 Å². The lowest BCUT2D eigenvalue weighted by Crippen LogP contribution is -2.47. The van der Waals surface area contributed by atoms with Crippen LogP contribution < -0.4 is 15.1 Å². The predicted molar refractivity (Wildman–Crippen MR) is 112 cm³/mol. The molecule has 1 aliphatic rings. The zero-order chi connectivity index (χ0) is 20.2. The van der Waals surface area contributed by atoms with Crippen LogP contribution in [0.25, 0.3) is 0 Å². The molecule has 0 amide bonds. The number of aromatic nitrogens is 2. The molecule has 7 heteroatoms. The minimum Gasteiger partial charge on any atom is -0.366 e. The van der Waals surface area contributed by atoms with Gasteiger partial charge in [0.05, 0.1) is 17.3 Å². The van der Waals surface area contributed by atoms with Crippen molar-refractivity contribution >= 4 is 23.1 Å². The van der Waals surface area contributed by atoms with Crippen LogP contribution in [0.4, 0.5) is 27.5 Å². The van der Waals surface area contributed by atoms with Gasteiger partial charge in [-0.25, -0.2) is 9.37 Å². The van der Waals surface area contributed by atoms with Crippen molar-refractivity contribution in [3.05, 3.63) is 71.7 Å². The maximum atomic E-state index is 14.1. The maximum absolute atomic E-state index is 14.1. The molecule has 2 aromatic carbocycles. The van der Waals surface area contributed by atoms with E-state index in [0.717, 1.165) is 11.4 Å². The van der Waals surface area contributed by atoms with E-state index in [2.05, 4.69) is 26.3 Å². The number of rotatable bonds is 4. The number of hydrogen-bond donors (Lipinski definition) is 1. The molecule has 146 valence electrons. The van der Waals surface area contributed by atoms with Crippen LogP contribution in [-0.4, -0.2) is 36.1 Å². The van der Waals surface area contributed by atoms with Crippen LogP contribution in [0.1, 0.15) is 11.3 Å². The fourth-order valence-electron chi connectivity index (χ4n) is 3.43.